The number of carbonyl (C=O) groups excluding carboxylic acids is 1. The van der Waals surface area contributed by atoms with Crippen LogP contribution in [0, 0.1) is 5.82 Å². The van der Waals surface area contributed by atoms with E-state index >= 15 is 0 Å². The van der Waals surface area contributed by atoms with Crippen LogP contribution in [-0.2, 0) is 24.2 Å². The fraction of sp³-hybridized carbons (Fsp3) is 0.417. The Morgan fingerprint density at radius 1 is 1.09 bits per heavy atom. The van der Waals surface area contributed by atoms with E-state index in [9.17, 15) is 9.18 Å². The SMILES string of the molecule is CC[C@H]1C(=O)N(C)c2cnc(CCc3cnn(Cc4ccc(F)cc4)c3)nc2N1C(C)C. The van der Waals surface area contributed by atoms with Gasteiger partial charge in [0.1, 0.15) is 23.4 Å². The highest BCUT2D eigenvalue weighted by Crippen LogP contribution is 2.35. The van der Waals surface area contributed by atoms with Gasteiger partial charge in [0.15, 0.2) is 5.82 Å². The molecular weight excluding hydrogens is 407 g/mol. The highest BCUT2D eigenvalue weighted by Gasteiger charge is 2.38. The number of rotatable bonds is 7. The number of halogens is 1. The highest BCUT2D eigenvalue weighted by atomic mass is 19.1. The van der Waals surface area contributed by atoms with E-state index in [1.807, 2.05) is 24.0 Å². The summed E-state index contributed by atoms with van der Waals surface area (Å²) in [6.45, 7) is 6.80. The van der Waals surface area contributed by atoms with Crippen molar-refractivity contribution in [2.75, 3.05) is 16.8 Å². The molecule has 1 aromatic carbocycles. The maximum absolute atomic E-state index is 13.1. The van der Waals surface area contributed by atoms with Crippen LogP contribution in [0.1, 0.15) is 44.1 Å². The Labute approximate surface area is 187 Å². The molecule has 0 aliphatic carbocycles. The molecule has 1 aliphatic rings. The number of fused-ring (bicyclic) bond motifs is 1. The number of amides is 1. The maximum atomic E-state index is 13.1. The minimum absolute atomic E-state index is 0.0821. The molecule has 0 unspecified atom stereocenters. The topological polar surface area (TPSA) is 67.2 Å². The van der Waals surface area contributed by atoms with Gasteiger partial charge in [-0.2, -0.15) is 5.10 Å². The molecule has 0 spiro atoms. The molecule has 3 heterocycles. The molecule has 8 heteroatoms. The minimum Gasteiger partial charge on any atom is -0.340 e. The summed E-state index contributed by atoms with van der Waals surface area (Å²) < 4.78 is 14.9. The number of benzene rings is 1. The number of aryl methyl sites for hydroxylation is 2. The van der Waals surface area contributed by atoms with Crippen molar-refractivity contribution in [2.45, 2.75) is 58.7 Å². The maximum Gasteiger partial charge on any atom is 0.249 e. The summed E-state index contributed by atoms with van der Waals surface area (Å²) in [7, 11) is 1.79. The third-order valence-electron chi connectivity index (χ3n) is 5.88. The van der Waals surface area contributed by atoms with Crippen molar-refractivity contribution in [1.82, 2.24) is 19.7 Å². The lowest BCUT2D eigenvalue weighted by Crippen LogP contribution is -2.55. The quantitative estimate of drug-likeness (QED) is 0.566. The van der Waals surface area contributed by atoms with Gasteiger partial charge in [-0.3, -0.25) is 9.48 Å². The summed E-state index contributed by atoms with van der Waals surface area (Å²) in [6.07, 6.45) is 7.78. The molecule has 1 atom stereocenters. The van der Waals surface area contributed by atoms with E-state index in [0.29, 0.717) is 13.0 Å². The predicted molar refractivity (Wildman–Crippen MR) is 122 cm³/mol. The molecule has 0 N–H and O–H groups in total. The number of likely N-dealkylation sites (N-methyl/N-ethyl adjacent to an activating group) is 1. The van der Waals surface area contributed by atoms with Crippen LogP contribution in [0.3, 0.4) is 0 Å². The Balaban J connectivity index is 1.48. The lowest BCUT2D eigenvalue weighted by molar-refractivity contribution is -0.120. The first-order chi connectivity index (χ1) is 15.4. The first kappa shape index (κ1) is 21.9. The zero-order valence-corrected chi connectivity index (χ0v) is 19.0. The molecule has 0 saturated carbocycles. The van der Waals surface area contributed by atoms with Crippen LogP contribution in [0.5, 0.6) is 0 Å². The Kier molecular flexibility index (Phi) is 6.21. The van der Waals surface area contributed by atoms with E-state index in [4.69, 9.17) is 4.98 Å². The molecule has 0 bridgehead atoms. The van der Waals surface area contributed by atoms with E-state index in [0.717, 1.165) is 41.3 Å². The number of hydrogen-bond donors (Lipinski definition) is 0. The predicted octanol–water partition coefficient (Wildman–Crippen LogP) is 3.62. The van der Waals surface area contributed by atoms with Gasteiger partial charge in [0.05, 0.1) is 18.9 Å². The molecule has 0 fully saturated rings. The van der Waals surface area contributed by atoms with E-state index in [2.05, 4.69) is 28.8 Å². The van der Waals surface area contributed by atoms with Gasteiger partial charge in [0.2, 0.25) is 5.91 Å². The van der Waals surface area contributed by atoms with E-state index < -0.39 is 0 Å². The molecule has 32 heavy (non-hydrogen) atoms. The van der Waals surface area contributed by atoms with Crippen molar-refractivity contribution in [1.29, 1.82) is 0 Å². The minimum atomic E-state index is -0.239. The van der Waals surface area contributed by atoms with Gasteiger partial charge < -0.3 is 9.80 Å². The summed E-state index contributed by atoms with van der Waals surface area (Å²) in [5.74, 6) is 1.42. The largest absolute Gasteiger partial charge is 0.340 e. The fourth-order valence-corrected chi connectivity index (χ4v) is 4.19. The van der Waals surface area contributed by atoms with Crippen LogP contribution in [0.4, 0.5) is 15.9 Å². The average molecular weight is 437 g/mol. The summed E-state index contributed by atoms with van der Waals surface area (Å²) in [4.78, 5) is 25.9. The Morgan fingerprint density at radius 2 is 1.84 bits per heavy atom. The smallest absolute Gasteiger partial charge is 0.249 e. The number of aromatic nitrogens is 4. The van der Waals surface area contributed by atoms with Gasteiger partial charge in [-0.25, -0.2) is 14.4 Å². The van der Waals surface area contributed by atoms with E-state index in [1.165, 1.54) is 12.1 Å². The Bertz CT molecular complexity index is 1090. The van der Waals surface area contributed by atoms with E-state index in [1.54, 1.807) is 30.3 Å². The summed E-state index contributed by atoms with van der Waals surface area (Å²) in [6, 6.07) is 6.40. The monoisotopic (exact) mass is 436 g/mol. The summed E-state index contributed by atoms with van der Waals surface area (Å²) in [5, 5.41) is 4.42. The second kappa shape index (κ2) is 9.06. The summed E-state index contributed by atoms with van der Waals surface area (Å²) in [5.41, 5.74) is 2.84. The molecule has 168 valence electrons. The number of anilines is 2. The lowest BCUT2D eigenvalue weighted by atomic mass is 10.1. The van der Waals surface area contributed by atoms with Crippen molar-refractivity contribution < 1.29 is 9.18 Å². The van der Waals surface area contributed by atoms with Crippen LogP contribution < -0.4 is 9.80 Å². The second-order valence-electron chi connectivity index (χ2n) is 8.49. The van der Waals surface area contributed by atoms with Gasteiger partial charge in [-0.05, 0) is 49.9 Å². The van der Waals surface area contributed by atoms with Crippen molar-refractivity contribution in [3.05, 3.63) is 65.6 Å². The van der Waals surface area contributed by atoms with Gasteiger partial charge >= 0.3 is 0 Å². The average Bonchev–Trinajstić information content (AvgIpc) is 3.23. The molecule has 7 nitrogen and oxygen atoms in total. The summed E-state index contributed by atoms with van der Waals surface area (Å²) >= 11 is 0. The van der Waals surface area contributed by atoms with Gasteiger partial charge in [-0.15, -0.1) is 0 Å². The van der Waals surface area contributed by atoms with Crippen molar-refractivity contribution >= 4 is 17.4 Å². The van der Waals surface area contributed by atoms with Gasteiger partial charge in [0.25, 0.3) is 0 Å². The normalized spacial score (nSPS) is 16.1. The molecule has 4 rings (SSSR count). The number of nitrogens with zero attached hydrogens (tertiary/aromatic N) is 6. The van der Waals surface area contributed by atoms with Crippen molar-refractivity contribution in [2.24, 2.45) is 0 Å². The molecule has 1 amide bonds. The zero-order chi connectivity index (χ0) is 22.8. The molecule has 3 aromatic rings. The van der Waals surface area contributed by atoms with Crippen LogP contribution in [0.25, 0.3) is 0 Å². The molecule has 0 saturated heterocycles. The van der Waals surface area contributed by atoms with Gasteiger partial charge in [-0.1, -0.05) is 19.1 Å². The Hall–Kier alpha value is -3.29. The third kappa shape index (κ3) is 4.35. The van der Waals surface area contributed by atoms with Crippen LogP contribution >= 0.6 is 0 Å². The van der Waals surface area contributed by atoms with Crippen LogP contribution in [0.15, 0.2) is 42.9 Å². The first-order valence-corrected chi connectivity index (χ1v) is 11.0. The zero-order valence-electron chi connectivity index (χ0n) is 19.0. The van der Waals surface area contributed by atoms with Crippen molar-refractivity contribution in [3.63, 3.8) is 0 Å². The lowest BCUT2D eigenvalue weighted by Gasteiger charge is -2.42. The van der Waals surface area contributed by atoms with E-state index in [-0.39, 0.29) is 23.8 Å². The van der Waals surface area contributed by atoms with Crippen molar-refractivity contribution in [3.8, 4) is 0 Å². The fourth-order valence-electron chi connectivity index (χ4n) is 4.19. The molecular formula is C24H29FN6O. The van der Waals surface area contributed by atoms with Crippen LogP contribution in [-0.4, -0.2) is 44.8 Å². The molecule has 0 radical (unpaired) electrons. The number of carbonyl (C=O) groups is 1. The van der Waals surface area contributed by atoms with Crippen LogP contribution in [0.2, 0.25) is 0 Å². The standard InChI is InChI=1S/C24H29FN6O/c1-5-20-24(32)29(4)21-13-26-22(28-23(21)31(20)16(2)3)11-8-18-12-27-30(15-18)14-17-6-9-19(25)10-7-17/h6-7,9-10,12-13,15-16,20H,5,8,11,14H2,1-4H3/t20-/m0/s1. The number of hydrogen-bond acceptors (Lipinski definition) is 5. The molecule has 1 aliphatic heterocycles. The Morgan fingerprint density at radius 3 is 2.53 bits per heavy atom. The second-order valence-corrected chi connectivity index (χ2v) is 8.49. The molecule has 2 aromatic heterocycles. The highest BCUT2D eigenvalue weighted by molar-refractivity contribution is 6.04. The first-order valence-electron chi connectivity index (χ1n) is 11.0. The van der Waals surface area contributed by atoms with Gasteiger partial charge in [0, 0.05) is 25.7 Å². The third-order valence-corrected chi connectivity index (χ3v) is 5.88.